The van der Waals surface area contributed by atoms with Gasteiger partial charge >= 0.3 is 0 Å². The topological polar surface area (TPSA) is 70.7 Å². The normalized spacial score (nSPS) is 25.1. The molecule has 3 rings (SSSR count). The molecule has 0 radical (unpaired) electrons. The number of nitrogens with one attached hydrogen (secondary N) is 2. The van der Waals surface area contributed by atoms with E-state index in [0.29, 0.717) is 32.6 Å². The lowest BCUT2D eigenvalue weighted by molar-refractivity contribution is -0.124. The summed E-state index contributed by atoms with van der Waals surface area (Å²) in [6.45, 7) is 2.89. The second kappa shape index (κ2) is 8.26. The summed E-state index contributed by atoms with van der Waals surface area (Å²) in [4.78, 5) is 26.3. The lowest BCUT2D eigenvalue weighted by Crippen LogP contribution is -2.42. The van der Waals surface area contributed by atoms with Crippen LogP contribution in [0.2, 0.25) is 0 Å². The minimum atomic E-state index is -0.0674. The molecule has 2 heterocycles. The maximum atomic E-state index is 12.3. The van der Waals surface area contributed by atoms with Crippen molar-refractivity contribution >= 4 is 11.8 Å². The SMILES string of the molecule is O=C1CC(c2ccccc2)N(CC(=O)NCC2CCCO2)CCN1. The molecule has 6 nitrogen and oxygen atoms in total. The molecule has 2 fully saturated rings. The van der Waals surface area contributed by atoms with Crippen LogP contribution in [-0.4, -0.2) is 55.6 Å². The molecule has 2 amide bonds. The monoisotopic (exact) mass is 331 g/mol. The quantitative estimate of drug-likeness (QED) is 0.839. The highest BCUT2D eigenvalue weighted by Gasteiger charge is 2.27. The summed E-state index contributed by atoms with van der Waals surface area (Å²) in [7, 11) is 0. The number of benzene rings is 1. The van der Waals surface area contributed by atoms with Gasteiger partial charge in [0.15, 0.2) is 0 Å². The molecule has 0 bridgehead atoms. The molecule has 0 aromatic heterocycles. The molecule has 2 unspecified atom stereocenters. The third-order valence-corrected chi connectivity index (χ3v) is 4.62. The van der Waals surface area contributed by atoms with Crippen LogP contribution < -0.4 is 10.6 Å². The van der Waals surface area contributed by atoms with Crippen LogP contribution >= 0.6 is 0 Å². The average Bonchev–Trinajstić information content (AvgIpc) is 3.05. The maximum Gasteiger partial charge on any atom is 0.234 e. The number of rotatable bonds is 5. The highest BCUT2D eigenvalue weighted by Crippen LogP contribution is 2.25. The third-order valence-electron chi connectivity index (χ3n) is 4.62. The third kappa shape index (κ3) is 4.55. The van der Waals surface area contributed by atoms with Crippen LogP contribution in [0.1, 0.15) is 30.9 Å². The van der Waals surface area contributed by atoms with E-state index in [4.69, 9.17) is 4.74 Å². The fourth-order valence-electron chi connectivity index (χ4n) is 3.34. The summed E-state index contributed by atoms with van der Waals surface area (Å²) in [6.07, 6.45) is 2.60. The van der Waals surface area contributed by atoms with Crippen LogP contribution in [-0.2, 0) is 14.3 Å². The average molecular weight is 331 g/mol. The minimum Gasteiger partial charge on any atom is -0.376 e. The van der Waals surface area contributed by atoms with Crippen LogP contribution in [0.15, 0.2) is 30.3 Å². The van der Waals surface area contributed by atoms with E-state index in [1.807, 2.05) is 30.3 Å². The Kier molecular flexibility index (Phi) is 5.82. The van der Waals surface area contributed by atoms with Gasteiger partial charge in [0.25, 0.3) is 0 Å². The Morgan fingerprint density at radius 1 is 1.33 bits per heavy atom. The van der Waals surface area contributed by atoms with Crippen LogP contribution in [0.5, 0.6) is 0 Å². The number of hydrogen-bond acceptors (Lipinski definition) is 4. The summed E-state index contributed by atoms with van der Waals surface area (Å²) in [5, 5.41) is 5.86. The van der Waals surface area contributed by atoms with Gasteiger partial charge in [-0.05, 0) is 18.4 Å². The van der Waals surface area contributed by atoms with Gasteiger partial charge in [0.05, 0.1) is 12.6 Å². The van der Waals surface area contributed by atoms with Gasteiger partial charge < -0.3 is 15.4 Å². The Hall–Kier alpha value is -1.92. The van der Waals surface area contributed by atoms with Crippen molar-refractivity contribution in [3.63, 3.8) is 0 Å². The predicted molar refractivity (Wildman–Crippen MR) is 90.4 cm³/mol. The number of amides is 2. The van der Waals surface area contributed by atoms with E-state index < -0.39 is 0 Å². The molecule has 1 aromatic carbocycles. The second-order valence-electron chi connectivity index (χ2n) is 6.39. The van der Waals surface area contributed by atoms with E-state index >= 15 is 0 Å². The molecule has 0 saturated carbocycles. The number of ether oxygens (including phenoxy) is 1. The van der Waals surface area contributed by atoms with Gasteiger partial charge in [0, 0.05) is 38.7 Å². The van der Waals surface area contributed by atoms with Gasteiger partial charge in [-0.25, -0.2) is 0 Å². The second-order valence-corrected chi connectivity index (χ2v) is 6.39. The summed E-state index contributed by atoms with van der Waals surface area (Å²) in [5.74, 6) is 0.0203. The zero-order chi connectivity index (χ0) is 16.8. The molecular formula is C18H25N3O3. The molecule has 0 aliphatic carbocycles. The summed E-state index contributed by atoms with van der Waals surface area (Å²) in [5.41, 5.74) is 1.07. The predicted octanol–water partition coefficient (Wildman–Crippen LogP) is 0.845. The number of carbonyl (C=O) groups is 2. The molecule has 130 valence electrons. The highest BCUT2D eigenvalue weighted by atomic mass is 16.5. The standard InChI is InChI=1S/C18H25N3O3/c22-17-11-16(14-5-2-1-3-6-14)21(9-8-19-17)13-18(23)20-12-15-7-4-10-24-15/h1-3,5-6,15-16H,4,7-13H2,(H,19,22)(H,20,23). The van der Waals surface area contributed by atoms with Gasteiger partial charge in [-0.2, -0.15) is 0 Å². The van der Waals surface area contributed by atoms with Gasteiger partial charge in [-0.1, -0.05) is 30.3 Å². The van der Waals surface area contributed by atoms with E-state index in [0.717, 1.165) is 25.0 Å². The number of nitrogens with zero attached hydrogens (tertiary/aromatic N) is 1. The van der Waals surface area contributed by atoms with Crippen LogP contribution in [0.25, 0.3) is 0 Å². The van der Waals surface area contributed by atoms with Crippen molar-refractivity contribution in [1.29, 1.82) is 0 Å². The molecule has 1 aromatic rings. The number of hydrogen-bond donors (Lipinski definition) is 2. The number of carbonyl (C=O) groups excluding carboxylic acids is 2. The van der Waals surface area contributed by atoms with Crippen molar-refractivity contribution in [3.05, 3.63) is 35.9 Å². The summed E-state index contributed by atoms with van der Waals surface area (Å²) >= 11 is 0. The first kappa shape index (κ1) is 16.9. The first-order valence-electron chi connectivity index (χ1n) is 8.66. The Morgan fingerprint density at radius 2 is 2.17 bits per heavy atom. The Labute approximate surface area is 142 Å². The van der Waals surface area contributed by atoms with Crippen molar-refractivity contribution in [2.75, 3.05) is 32.8 Å². The van der Waals surface area contributed by atoms with Crippen LogP contribution in [0.3, 0.4) is 0 Å². The van der Waals surface area contributed by atoms with Gasteiger partial charge in [0.2, 0.25) is 11.8 Å². The molecule has 2 saturated heterocycles. The molecule has 0 spiro atoms. The smallest absolute Gasteiger partial charge is 0.234 e. The minimum absolute atomic E-state index is 0.0132. The summed E-state index contributed by atoms with van der Waals surface area (Å²) in [6, 6.07) is 9.85. The van der Waals surface area contributed by atoms with Crippen molar-refractivity contribution in [3.8, 4) is 0 Å². The molecule has 2 aliphatic heterocycles. The first-order valence-corrected chi connectivity index (χ1v) is 8.66. The molecule has 2 atom stereocenters. The van der Waals surface area contributed by atoms with Gasteiger partial charge in [-0.3, -0.25) is 14.5 Å². The molecule has 6 heteroatoms. The molecule has 2 N–H and O–H groups in total. The molecule has 24 heavy (non-hydrogen) atoms. The molecular weight excluding hydrogens is 306 g/mol. The van der Waals surface area contributed by atoms with Crippen LogP contribution in [0.4, 0.5) is 0 Å². The largest absolute Gasteiger partial charge is 0.376 e. The Balaban J connectivity index is 1.61. The zero-order valence-corrected chi connectivity index (χ0v) is 13.9. The van der Waals surface area contributed by atoms with E-state index in [-0.39, 0.29) is 24.0 Å². The van der Waals surface area contributed by atoms with Crippen molar-refractivity contribution in [1.82, 2.24) is 15.5 Å². The lowest BCUT2D eigenvalue weighted by atomic mass is 10.0. The Bertz CT molecular complexity index is 558. The van der Waals surface area contributed by atoms with E-state index in [1.165, 1.54) is 0 Å². The fourth-order valence-corrected chi connectivity index (χ4v) is 3.34. The van der Waals surface area contributed by atoms with Crippen molar-refractivity contribution in [2.24, 2.45) is 0 Å². The Morgan fingerprint density at radius 3 is 2.92 bits per heavy atom. The summed E-state index contributed by atoms with van der Waals surface area (Å²) < 4.78 is 5.53. The fraction of sp³-hybridized carbons (Fsp3) is 0.556. The van der Waals surface area contributed by atoms with E-state index in [2.05, 4.69) is 15.5 Å². The van der Waals surface area contributed by atoms with E-state index in [1.54, 1.807) is 0 Å². The zero-order valence-electron chi connectivity index (χ0n) is 13.9. The van der Waals surface area contributed by atoms with Crippen molar-refractivity contribution in [2.45, 2.75) is 31.4 Å². The van der Waals surface area contributed by atoms with Crippen LogP contribution in [0, 0.1) is 0 Å². The first-order chi connectivity index (χ1) is 11.7. The van der Waals surface area contributed by atoms with Gasteiger partial charge in [-0.15, -0.1) is 0 Å². The maximum absolute atomic E-state index is 12.3. The van der Waals surface area contributed by atoms with Crippen molar-refractivity contribution < 1.29 is 14.3 Å². The van der Waals surface area contributed by atoms with Gasteiger partial charge in [0.1, 0.15) is 0 Å². The highest BCUT2D eigenvalue weighted by molar-refractivity contribution is 5.79. The molecule has 2 aliphatic rings. The van der Waals surface area contributed by atoms with E-state index in [9.17, 15) is 9.59 Å². The lowest BCUT2D eigenvalue weighted by Gasteiger charge is -2.28.